The summed E-state index contributed by atoms with van der Waals surface area (Å²) in [5.41, 5.74) is 3.99. The molecule has 8 nitrogen and oxygen atoms in total. The second kappa shape index (κ2) is 6.49. The summed E-state index contributed by atoms with van der Waals surface area (Å²) in [5.74, 6) is 0.643. The molecule has 2 aromatic heterocycles. The highest BCUT2D eigenvalue weighted by Crippen LogP contribution is 2.28. The van der Waals surface area contributed by atoms with Gasteiger partial charge in [-0.1, -0.05) is 12.1 Å². The van der Waals surface area contributed by atoms with Crippen LogP contribution in [0, 0.1) is 42.6 Å². The number of hydrogen-bond acceptors (Lipinski definition) is 5. The molecule has 1 atom stereocenters. The summed E-state index contributed by atoms with van der Waals surface area (Å²) >= 11 is 5.44. The van der Waals surface area contributed by atoms with Gasteiger partial charge in [0, 0.05) is 0 Å². The number of H-pyrrole nitrogens is 1. The van der Waals surface area contributed by atoms with Gasteiger partial charge in [0.25, 0.3) is 0 Å². The van der Waals surface area contributed by atoms with Gasteiger partial charge in [-0.2, -0.15) is 10.2 Å². The van der Waals surface area contributed by atoms with E-state index in [1.165, 1.54) is 0 Å². The second-order valence-corrected chi connectivity index (χ2v) is 6.80. The Hall–Kier alpha value is -2.81. The van der Waals surface area contributed by atoms with E-state index in [0.29, 0.717) is 22.0 Å². The first kappa shape index (κ1) is 18.0. The molecule has 0 saturated carbocycles. The third kappa shape index (κ3) is 2.84. The number of aromatic nitrogens is 5. The number of rotatable bonds is 4. The van der Waals surface area contributed by atoms with Gasteiger partial charge in [0.05, 0.1) is 10.6 Å². The molecule has 0 bridgehead atoms. The number of nitrogens with one attached hydrogen (secondary N) is 1. The zero-order chi connectivity index (χ0) is 19.2. The maximum Gasteiger partial charge on any atom is 0.312 e. The van der Waals surface area contributed by atoms with E-state index in [0.717, 1.165) is 16.8 Å². The Balaban J connectivity index is 2.18. The maximum atomic E-state index is 11.3. The summed E-state index contributed by atoms with van der Waals surface area (Å²) in [7, 11) is 0. The van der Waals surface area contributed by atoms with E-state index in [-0.39, 0.29) is 11.7 Å². The molecule has 0 aliphatic carbocycles. The molecule has 0 saturated heterocycles. The number of aromatic amines is 1. The van der Waals surface area contributed by atoms with Crippen LogP contribution < -0.4 is 0 Å². The van der Waals surface area contributed by atoms with Crippen molar-refractivity contribution in [3.63, 3.8) is 0 Å². The van der Waals surface area contributed by atoms with Gasteiger partial charge in [0.15, 0.2) is 10.6 Å². The molecule has 0 aliphatic rings. The lowest BCUT2D eigenvalue weighted by atomic mass is 10.1. The van der Waals surface area contributed by atoms with Gasteiger partial charge in [-0.05, 0) is 64.0 Å². The summed E-state index contributed by atoms with van der Waals surface area (Å²) < 4.78 is 3.96. The van der Waals surface area contributed by atoms with Crippen LogP contribution in [0.4, 0.5) is 5.69 Å². The Labute approximate surface area is 155 Å². The van der Waals surface area contributed by atoms with Gasteiger partial charge in [-0.3, -0.25) is 24.5 Å². The first-order valence-electron chi connectivity index (χ1n) is 8.17. The highest BCUT2D eigenvalue weighted by Gasteiger charge is 2.27. The third-order valence-electron chi connectivity index (χ3n) is 4.51. The second-order valence-electron chi connectivity index (χ2n) is 6.41. The van der Waals surface area contributed by atoms with Crippen molar-refractivity contribution in [3.8, 4) is 5.69 Å². The van der Waals surface area contributed by atoms with Crippen molar-refractivity contribution in [2.45, 2.75) is 40.7 Å². The first-order chi connectivity index (χ1) is 12.2. The SMILES string of the molecule is Cc1ccc(C)c(-n2c([C@H](C)n3nc(C)c([N+](=O)[O-])c3C)n[nH]c2=S)c1. The summed E-state index contributed by atoms with van der Waals surface area (Å²) in [6.07, 6.45) is 0. The summed E-state index contributed by atoms with van der Waals surface area (Å²) in [6.45, 7) is 9.25. The van der Waals surface area contributed by atoms with Gasteiger partial charge >= 0.3 is 5.69 Å². The normalized spacial score (nSPS) is 12.3. The topological polar surface area (TPSA) is 94.6 Å². The van der Waals surface area contributed by atoms with Crippen LogP contribution in [-0.2, 0) is 0 Å². The van der Waals surface area contributed by atoms with Crippen molar-refractivity contribution < 1.29 is 4.92 Å². The Morgan fingerprint density at radius 3 is 2.58 bits per heavy atom. The van der Waals surface area contributed by atoms with E-state index < -0.39 is 4.92 Å². The van der Waals surface area contributed by atoms with Crippen LogP contribution in [0.2, 0.25) is 0 Å². The highest BCUT2D eigenvalue weighted by molar-refractivity contribution is 7.71. The average molecular weight is 372 g/mol. The fourth-order valence-corrected chi connectivity index (χ4v) is 3.42. The van der Waals surface area contributed by atoms with Gasteiger partial charge in [-0.15, -0.1) is 0 Å². The zero-order valence-corrected chi connectivity index (χ0v) is 16.1. The van der Waals surface area contributed by atoms with Crippen LogP contribution in [0.3, 0.4) is 0 Å². The molecule has 1 N–H and O–H groups in total. The molecule has 0 amide bonds. The molecular formula is C17H20N6O2S. The van der Waals surface area contributed by atoms with E-state index >= 15 is 0 Å². The van der Waals surface area contributed by atoms with Crippen molar-refractivity contribution in [1.82, 2.24) is 24.5 Å². The van der Waals surface area contributed by atoms with Gasteiger partial charge in [0.2, 0.25) is 0 Å². The number of benzene rings is 1. The molecule has 3 aromatic rings. The minimum atomic E-state index is -0.400. The lowest BCUT2D eigenvalue weighted by molar-refractivity contribution is -0.386. The van der Waals surface area contributed by atoms with Crippen LogP contribution in [0.5, 0.6) is 0 Å². The predicted octanol–water partition coefficient (Wildman–Crippen LogP) is 3.88. The largest absolute Gasteiger partial charge is 0.312 e. The molecular weight excluding hydrogens is 352 g/mol. The summed E-state index contributed by atoms with van der Waals surface area (Å²) in [4.78, 5) is 10.9. The van der Waals surface area contributed by atoms with Gasteiger partial charge in [0.1, 0.15) is 17.4 Å². The lowest BCUT2D eigenvalue weighted by Crippen LogP contribution is -2.16. The molecule has 26 heavy (non-hydrogen) atoms. The molecule has 9 heteroatoms. The number of aryl methyl sites for hydroxylation is 3. The van der Waals surface area contributed by atoms with Crippen molar-refractivity contribution in [2.24, 2.45) is 0 Å². The molecule has 2 heterocycles. The quantitative estimate of drug-likeness (QED) is 0.426. The smallest absolute Gasteiger partial charge is 0.270 e. The fraction of sp³-hybridized carbons (Fsp3) is 0.353. The van der Waals surface area contributed by atoms with Crippen LogP contribution in [0.25, 0.3) is 5.69 Å². The van der Waals surface area contributed by atoms with E-state index in [1.54, 1.807) is 18.5 Å². The molecule has 3 rings (SSSR count). The van der Waals surface area contributed by atoms with E-state index in [2.05, 4.69) is 15.3 Å². The predicted molar refractivity (Wildman–Crippen MR) is 100 cm³/mol. The first-order valence-corrected chi connectivity index (χ1v) is 8.58. The van der Waals surface area contributed by atoms with Gasteiger partial charge < -0.3 is 0 Å². The molecule has 136 valence electrons. The molecule has 1 aromatic carbocycles. The van der Waals surface area contributed by atoms with Crippen molar-refractivity contribution in [3.05, 3.63) is 61.4 Å². The molecule has 0 unspecified atom stereocenters. The van der Waals surface area contributed by atoms with Crippen LogP contribution >= 0.6 is 12.2 Å². The molecule has 0 radical (unpaired) electrons. The van der Waals surface area contributed by atoms with E-state index in [4.69, 9.17) is 12.2 Å². The lowest BCUT2D eigenvalue weighted by Gasteiger charge is -2.16. The number of nitro groups is 1. The Kier molecular flexibility index (Phi) is 4.49. The van der Waals surface area contributed by atoms with E-state index in [9.17, 15) is 10.1 Å². The van der Waals surface area contributed by atoms with Crippen LogP contribution in [0.15, 0.2) is 18.2 Å². The number of hydrogen-bond donors (Lipinski definition) is 1. The standard InChI is InChI=1S/C17H20N6O2S/c1-9-6-7-10(2)14(8-9)21-16(18-19-17(21)26)13(5)22-12(4)15(23(24)25)11(3)20-22/h6-8,13H,1-5H3,(H,19,26)/t13-/m0/s1. The maximum absolute atomic E-state index is 11.3. The van der Waals surface area contributed by atoms with Crippen LogP contribution in [0.1, 0.15) is 41.3 Å². The van der Waals surface area contributed by atoms with Gasteiger partial charge in [-0.25, -0.2) is 0 Å². The molecule has 0 fully saturated rings. The molecule has 0 spiro atoms. The highest BCUT2D eigenvalue weighted by atomic mass is 32.1. The number of nitrogens with zero attached hydrogens (tertiary/aromatic N) is 5. The monoisotopic (exact) mass is 372 g/mol. The van der Waals surface area contributed by atoms with Crippen molar-refractivity contribution in [2.75, 3.05) is 0 Å². The zero-order valence-electron chi connectivity index (χ0n) is 15.3. The Morgan fingerprint density at radius 1 is 1.27 bits per heavy atom. The van der Waals surface area contributed by atoms with Crippen molar-refractivity contribution in [1.29, 1.82) is 0 Å². The van der Waals surface area contributed by atoms with E-state index in [1.807, 2.05) is 43.5 Å². The Morgan fingerprint density at radius 2 is 1.96 bits per heavy atom. The van der Waals surface area contributed by atoms with Crippen molar-refractivity contribution >= 4 is 17.9 Å². The summed E-state index contributed by atoms with van der Waals surface area (Å²) in [6, 6.07) is 5.77. The average Bonchev–Trinajstić information content (AvgIpc) is 3.09. The third-order valence-corrected chi connectivity index (χ3v) is 4.79. The summed E-state index contributed by atoms with van der Waals surface area (Å²) in [5, 5.41) is 22.9. The molecule has 0 aliphatic heterocycles. The fourth-order valence-electron chi connectivity index (χ4n) is 3.19. The Bertz CT molecular complexity index is 1060. The minimum absolute atomic E-state index is 0.0317. The minimum Gasteiger partial charge on any atom is -0.270 e. The van der Waals surface area contributed by atoms with Crippen LogP contribution in [-0.4, -0.2) is 29.5 Å².